The zero-order chi connectivity index (χ0) is 12.8. The Labute approximate surface area is 112 Å². The van der Waals surface area contributed by atoms with Crippen LogP contribution >= 0.6 is 11.8 Å². The molecule has 0 atom stereocenters. The van der Waals surface area contributed by atoms with Gasteiger partial charge in [-0.15, -0.1) is 0 Å². The number of aryl methyl sites for hydroxylation is 2. The molecule has 18 heavy (non-hydrogen) atoms. The van der Waals surface area contributed by atoms with E-state index in [2.05, 4.69) is 41.5 Å². The molecule has 1 heterocycles. The largest absolute Gasteiger partial charge is 0.305 e. The van der Waals surface area contributed by atoms with Gasteiger partial charge in [0.05, 0.1) is 6.54 Å². The lowest BCUT2D eigenvalue weighted by Crippen LogP contribution is -2.27. The van der Waals surface area contributed by atoms with Crippen LogP contribution in [0.4, 0.5) is 0 Å². The summed E-state index contributed by atoms with van der Waals surface area (Å²) in [6.07, 6.45) is 2.36. The number of amidine groups is 1. The lowest BCUT2D eigenvalue weighted by atomic mass is 10.1. The number of nitrogens with zero attached hydrogens (tertiary/aromatic N) is 1. The summed E-state index contributed by atoms with van der Waals surface area (Å²) in [6.45, 7) is 2.96. The fraction of sp³-hybridized carbons (Fsp3) is 0.429. The molecule has 3 nitrogen and oxygen atoms in total. The summed E-state index contributed by atoms with van der Waals surface area (Å²) in [5.41, 5.74) is 2.54. The van der Waals surface area contributed by atoms with Crippen LogP contribution in [0.1, 0.15) is 24.5 Å². The normalized spacial score (nSPS) is 14.4. The quantitative estimate of drug-likeness (QED) is 0.905. The van der Waals surface area contributed by atoms with E-state index >= 15 is 0 Å². The van der Waals surface area contributed by atoms with E-state index in [0.717, 1.165) is 30.3 Å². The molecule has 0 unspecified atom stereocenters. The minimum Gasteiger partial charge on any atom is -0.305 e. The van der Waals surface area contributed by atoms with Gasteiger partial charge < -0.3 is 5.32 Å². The van der Waals surface area contributed by atoms with E-state index in [-0.39, 0.29) is 5.91 Å². The summed E-state index contributed by atoms with van der Waals surface area (Å²) < 4.78 is 0. The Morgan fingerprint density at radius 3 is 2.67 bits per heavy atom. The lowest BCUT2D eigenvalue weighted by Gasteiger charge is -2.04. The number of amides is 1. The first-order chi connectivity index (χ1) is 8.78. The van der Waals surface area contributed by atoms with Crippen LogP contribution in [-0.4, -0.2) is 23.4 Å². The molecule has 0 saturated carbocycles. The van der Waals surface area contributed by atoms with Crippen LogP contribution in [0.2, 0.25) is 0 Å². The molecule has 2 rings (SSSR count). The van der Waals surface area contributed by atoms with Crippen LogP contribution in [0.5, 0.6) is 0 Å². The second kappa shape index (κ2) is 6.59. The molecule has 1 aliphatic rings. The van der Waals surface area contributed by atoms with Crippen molar-refractivity contribution < 1.29 is 4.79 Å². The van der Waals surface area contributed by atoms with E-state index in [4.69, 9.17) is 0 Å². The van der Waals surface area contributed by atoms with Crippen molar-refractivity contribution in [1.82, 2.24) is 5.32 Å². The van der Waals surface area contributed by atoms with Crippen molar-refractivity contribution in [2.45, 2.75) is 26.2 Å². The summed E-state index contributed by atoms with van der Waals surface area (Å²) in [5.74, 6) is 1.04. The first kappa shape index (κ1) is 13.1. The molecule has 1 aliphatic heterocycles. The van der Waals surface area contributed by atoms with E-state index in [1.54, 1.807) is 11.8 Å². The standard InChI is InChI=1S/C14H18N2OS/c1-2-11-3-5-12(6-4-11)7-8-13(17)16-14-15-9-10-18-14/h3-6H,2,7-10H2,1H3,(H,15,16,17). The van der Waals surface area contributed by atoms with Gasteiger partial charge in [0.25, 0.3) is 0 Å². The van der Waals surface area contributed by atoms with Crippen LogP contribution in [-0.2, 0) is 17.6 Å². The van der Waals surface area contributed by atoms with Gasteiger partial charge in [-0.05, 0) is 24.0 Å². The van der Waals surface area contributed by atoms with Crippen LogP contribution in [0.25, 0.3) is 0 Å². The summed E-state index contributed by atoms with van der Waals surface area (Å²) in [7, 11) is 0. The average Bonchev–Trinajstić information content (AvgIpc) is 2.90. The predicted octanol–water partition coefficient (Wildman–Crippen LogP) is 2.40. The number of aliphatic imine (C=N–C) groups is 1. The van der Waals surface area contributed by atoms with Crippen LogP contribution in [0, 0.1) is 0 Å². The minimum atomic E-state index is 0.0581. The Morgan fingerprint density at radius 1 is 1.33 bits per heavy atom. The highest BCUT2D eigenvalue weighted by atomic mass is 32.2. The van der Waals surface area contributed by atoms with Gasteiger partial charge in [0.2, 0.25) is 5.91 Å². The van der Waals surface area contributed by atoms with E-state index in [9.17, 15) is 4.79 Å². The number of benzene rings is 1. The molecule has 96 valence electrons. The first-order valence-electron chi connectivity index (χ1n) is 6.33. The fourth-order valence-corrected chi connectivity index (χ4v) is 2.54. The maximum absolute atomic E-state index is 11.7. The molecule has 0 aromatic heterocycles. The number of thioether (sulfide) groups is 1. The van der Waals surface area contributed by atoms with Crippen molar-refractivity contribution in [3.63, 3.8) is 0 Å². The average molecular weight is 262 g/mol. The van der Waals surface area contributed by atoms with Crippen LogP contribution in [0.15, 0.2) is 29.3 Å². The van der Waals surface area contributed by atoms with Crippen molar-refractivity contribution >= 4 is 22.8 Å². The Morgan fingerprint density at radius 2 is 2.06 bits per heavy atom. The SMILES string of the molecule is CCc1ccc(CCC(=O)NC2=NCCS2)cc1. The maximum Gasteiger partial charge on any atom is 0.226 e. The fourth-order valence-electron chi connectivity index (χ4n) is 1.79. The molecule has 1 aromatic rings. The Hall–Kier alpha value is -1.29. The van der Waals surface area contributed by atoms with Gasteiger partial charge in [-0.25, -0.2) is 0 Å². The van der Waals surface area contributed by atoms with Crippen molar-refractivity contribution in [2.24, 2.45) is 4.99 Å². The van der Waals surface area contributed by atoms with Crippen molar-refractivity contribution in [2.75, 3.05) is 12.3 Å². The third-order valence-corrected chi connectivity index (χ3v) is 3.80. The number of carbonyl (C=O) groups is 1. The molecule has 0 spiro atoms. The molecule has 1 amide bonds. The number of rotatable bonds is 4. The molecule has 0 aliphatic carbocycles. The van der Waals surface area contributed by atoms with Crippen molar-refractivity contribution in [3.05, 3.63) is 35.4 Å². The number of hydrogen-bond donors (Lipinski definition) is 1. The molecule has 0 radical (unpaired) electrons. The maximum atomic E-state index is 11.7. The van der Waals surface area contributed by atoms with Crippen LogP contribution in [0.3, 0.4) is 0 Å². The third kappa shape index (κ3) is 3.88. The summed E-state index contributed by atoms with van der Waals surface area (Å²) in [6, 6.07) is 8.47. The highest BCUT2D eigenvalue weighted by Crippen LogP contribution is 2.10. The van der Waals surface area contributed by atoms with Gasteiger partial charge in [-0.3, -0.25) is 9.79 Å². The van der Waals surface area contributed by atoms with Gasteiger partial charge in [0.1, 0.15) is 0 Å². The smallest absolute Gasteiger partial charge is 0.226 e. The molecule has 0 bridgehead atoms. The van der Waals surface area contributed by atoms with E-state index in [1.165, 1.54) is 11.1 Å². The zero-order valence-electron chi connectivity index (χ0n) is 10.6. The number of carbonyl (C=O) groups excluding carboxylic acids is 1. The number of hydrogen-bond acceptors (Lipinski definition) is 3. The molecule has 4 heteroatoms. The Bertz CT molecular complexity index is 440. The van der Waals surface area contributed by atoms with Gasteiger partial charge >= 0.3 is 0 Å². The second-order valence-corrected chi connectivity index (χ2v) is 5.34. The lowest BCUT2D eigenvalue weighted by molar-refractivity contribution is -0.119. The van der Waals surface area contributed by atoms with Gasteiger partial charge in [-0.2, -0.15) is 0 Å². The molecule has 0 saturated heterocycles. The summed E-state index contributed by atoms with van der Waals surface area (Å²) >= 11 is 1.62. The summed E-state index contributed by atoms with van der Waals surface area (Å²) in [4.78, 5) is 15.9. The Kier molecular flexibility index (Phi) is 4.81. The van der Waals surface area contributed by atoms with Crippen LogP contribution < -0.4 is 5.32 Å². The second-order valence-electron chi connectivity index (χ2n) is 4.25. The summed E-state index contributed by atoms with van der Waals surface area (Å²) in [5, 5.41) is 3.62. The van der Waals surface area contributed by atoms with E-state index in [1.807, 2.05) is 0 Å². The van der Waals surface area contributed by atoms with Gasteiger partial charge in [0.15, 0.2) is 5.17 Å². The van der Waals surface area contributed by atoms with Gasteiger partial charge in [-0.1, -0.05) is 43.0 Å². The monoisotopic (exact) mass is 262 g/mol. The molecule has 0 fully saturated rings. The highest BCUT2D eigenvalue weighted by Gasteiger charge is 2.10. The number of nitrogens with one attached hydrogen (secondary N) is 1. The minimum absolute atomic E-state index is 0.0581. The predicted molar refractivity (Wildman–Crippen MR) is 77.0 cm³/mol. The highest BCUT2D eigenvalue weighted by molar-refractivity contribution is 8.14. The molecule has 1 N–H and O–H groups in total. The topological polar surface area (TPSA) is 41.5 Å². The molecular weight excluding hydrogens is 244 g/mol. The third-order valence-electron chi connectivity index (χ3n) is 2.90. The van der Waals surface area contributed by atoms with E-state index in [0.29, 0.717) is 6.42 Å². The van der Waals surface area contributed by atoms with E-state index < -0.39 is 0 Å². The molecular formula is C14H18N2OS. The van der Waals surface area contributed by atoms with Crippen molar-refractivity contribution in [1.29, 1.82) is 0 Å². The zero-order valence-corrected chi connectivity index (χ0v) is 11.4. The van der Waals surface area contributed by atoms with Gasteiger partial charge in [0, 0.05) is 12.2 Å². The molecule has 1 aromatic carbocycles. The first-order valence-corrected chi connectivity index (χ1v) is 7.31. The van der Waals surface area contributed by atoms with Crippen molar-refractivity contribution in [3.8, 4) is 0 Å². The Balaban J connectivity index is 1.77.